The summed E-state index contributed by atoms with van der Waals surface area (Å²) in [5, 5.41) is 0. The van der Waals surface area contributed by atoms with Crippen LogP contribution in [0.4, 0.5) is 5.82 Å². The summed E-state index contributed by atoms with van der Waals surface area (Å²) in [6, 6.07) is 0. The van der Waals surface area contributed by atoms with Gasteiger partial charge in [-0.2, -0.15) is 0 Å². The van der Waals surface area contributed by atoms with E-state index >= 15 is 0 Å². The minimum atomic E-state index is 0.0161. The lowest BCUT2D eigenvalue weighted by Crippen LogP contribution is -2.46. The second kappa shape index (κ2) is 6.39. The van der Waals surface area contributed by atoms with Gasteiger partial charge in [-0.25, -0.2) is 9.97 Å². The number of carbonyl (C=O) groups is 1. The number of likely N-dealkylation sites (N-methyl/N-ethyl adjacent to an activating group) is 1. The average Bonchev–Trinajstić information content (AvgIpc) is 3.09. The van der Waals surface area contributed by atoms with Crippen LogP contribution in [0.15, 0.2) is 12.4 Å². The third kappa shape index (κ3) is 3.15. The zero-order valence-corrected chi connectivity index (χ0v) is 12.7. The molecule has 21 heavy (non-hydrogen) atoms. The molecule has 0 spiro atoms. The molecule has 1 aromatic heterocycles. The molecule has 6 heteroatoms. The van der Waals surface area contributed by atoms with Gasteiger partial charge in [0, 0.05) is 39.3 Å². The van der Waals surface area contributed by atoms with Gasteiger partial charge in [0.1, 0.15) is 11.5 Å². The molecule has 2 fully saturated rings. The van der Waals surface area contributed by atoms with Gasteiger partial charge in [-0.3, -0.25) is 4.79 Å². The van der Waals surface area contributed by atoms with E-state index in [0.29, 0.717) is 5.69 Å². The van der Waals surface area contributed by atoms with Gasteiger partial charge in [-0.15, -0.1) is 0 Å². The second-order valence-corrected chi connectivity index (χ2v) is 5.68. The van der Waals surface area contributed by atoms with Gasteiger partial charge in [0.15, 0.2) is 0 Å². The van der Waals surface area contributed by atoms with Crippen LogP contribution in [-0.2, 0) is 0 Å². The number of piperazine rings is 1. The molecule has 0 N–H and O–H groups in total. The largest absolute Gasteiger partial charge is 0.353 e. The maximum absolute atomic E-state index is 12.2. The van der Waals surface area contributed by atoms with E-state index in [2.05, 4.69) is 26.7 Å². The minimum absolute atomic E-state index is 0.0161. The molecular formula is C15H23N5O. The Morgan fingerprint density at radius 2 is 1.76 bits per heavy atom. The number of anilines is 1. The Morgan fingerprint density at radius 1 is 1.05 bits per heavy atom. The molecule has 114 valence electrons. The topological polar surface area (TPSA) is 52.6 Å². The Hall–Kier alpha value is -1.69. The summed E-state index contributed by atoms with van der Waals surface area (Å²) >= 11 is 0. The summed E-state index contributed by atoms with van der Waals surface area (Å²) in [6.45, 7) is 9.06. The number of rotatable bonds is 3. The number of carbonyl (C=O) groups excluding carboxylic acids is 1. The molecule has 0 unspecified atom stereocenters. The molecule has 3 rings (SSSR count). The van der Waals surface area contributed by atoms with E-state index < -0.39 is 0 Å². The lowest BCUT2D eigenvalue weighted by molar-refractivity contribution is 0.0786. The van der Waals surface area contributed by atoms with E-state index in [1.807, 2.05) is 4.90 Å². The van der Waals surface area contributed by atoms with Crippen molar-refractivity contribution in [1.29, 1.82) is 0 Å². The van der Waals surface area contributed by atoms with Crippen LogP contribution in [0.5, 0.6) is 0 Å². The molecule has 0 radical (unpaired) electrons. The van der Waals surface area contributed by atoms with E-state index in [9.17, 15) is 4.79 Å². The highest BCUT2D eigenvalue weighted by Crippen LogP contribution is 2.15. The summed E-state index contributed by atoms with van der Waals surface area (Å²) in [5.74, 6) is 0.895. The van der Waals surface area contributed by atoms with E-state index in [1.54, 1.807) is 12.4 Å². The van der Waals surface area contributed by atoms with Crippen molar-refractivity contribution in [1.82, 2.24) is 19.8 Å². The molecule has 1 amide bonds. The van der Waals surface area contributed by atoms with Crippen molar-refractivity contribution in [2.75, 3.05) is 50.7 Å². The van der Waals surface area contributed by atoms with Crippen molar-refractivity contribution < 1.29 is 4.79 Å². The van der Waals surface area contributed by atoms with E-state index in [1.165, 1.54) is 0 Å². The molecule has 2 aliphatic rings. The highest BCUT2D eigenvalue weighted by Gasteiger charge is 2.22. The number of likely N-dealkylation sites (tertiary alicyclic amines) is 1. The first-order valence-electron chi connectivity index (χ1n) is 7.86. The predicted octanol–water partition coefficient (Wildman–Crippen LogP) is 0.854. The normalized spacial score (nSPS) is 20.0. The van der Waals surface area contributed by atoms with Gasteiger partial charge < -0.3 is 14.7 Å². The zero-order chi connectivity index (χ0) is 14.7. The average molecular weight is 289 g/mol. The Balaban J connectivity index is 1.63. The lowest BCUT2D eigenvalue weighted by atomic mass is 10.3. The van der Waals surface area contributed by atoms with Crippen LogP contribution in [0.2, 0.25) is 0 Å². The number of amides is 1. The van der Waals surface area contributed by atoms with Crippen molar-refractivity contribution in [3.05, 3.63) is 18.1 Å². The Morgan fingerprint density at radius 3 is 2.33 bits per heavy atom. The van der Waals surface area contributed by atoms with Gasteiger partial charge in [-0.1, -0.05) is 6.92 Å². The summed E-state index contributed by atoms with van der Waals surface area (Å²) in [5.41, 5.74) is 0.466. The highest BCUT2D eigenvalue weighted by atomic mass is 16.2. The molecule has 6 nitrogen and oxygen atoms in total. The van der Waals surface area contributed by atoms with Gasteiger partial charge in [0.05, 0.1) is 12.4 Å². The van der Waals surface area contributed by atoms with E-state index in [-0.39, 0.29) is 5.91 Å². The minimum Gasteiger partial charge on any atom is -0.353 e. The van der Waals surface area contributed by atoms with Crippen molar-refractivity contribution in [3.63, 3.8) is 0 Å². The smallest absolute Gasteiger partial charge is 0.274 e. The maximum atomic E-state index is 12.2. The van der Waals surface area contributed by atoms with Crippen molar-refractivity contribution >= 4 is 11.7 Å². The van der Waals surface area contributed by atoms with Crippen LogP contribution in [-0.4, -0.2) is 71.5 Å². The fraction of sp³-hybridized carbons (Fsp3) is 0.667. The molecule has 3 heterocycles. The quantitative estimate of drug-likeness (QED) is 0.826. The first-order valence-corrected chi connectivity index (χ1v) is 7.86. The molecule has 0 bridgehead atoms. The Kier molecular flexibility index (Phi) is 4.34. The third-order valence-corrected chi connectivity index (χ3v) is 4.39. The number of hydrogen-bond donors (Lipinski definition) is 0. The SMILES string of the molecule is CCN1CCN(c2cnc(C(=O)N3CCCC3)cn2)CC1. The molecule has 2 aliphatic heterocycles. The van der Waals surface area contributed by atoms with Gasteiger partial charge >= 0.3 is 0 Å². The van der Waals surface area contributed by atoms with Crippen LogP contribution >= 0.6 is 0 Å². The number of nitrogens with zero attached hydrogens (tertiary/aromatic N) is 5. The van der Waals surface area contributed by atoms with E-state index in [4.69, 9.17) is 0 Å². The van der Waals surface area contributed by atoms with Crippen LogP contribution in [0.3, 0.4) is 0 Å². The summed E-state index contributed by atoms with van der Waals surface area (Å²) in [7, 11) is 0. The molecule has 1 aromatic rings. The maximum Gasteiger partial charge on any atom is 0.274 e. The molecular weight excluding hydrogens is 266 g/mol. The number of aromatic nitrogens is 2. The molecule has 0 atom stereocenters. The molecule has 0 aliphatic carbocycles. The van der Waals surface area contributed by atoms with Gasteiger partial charge in [0.25, 0.3) is 5.91 Å². The van der Waals surface area contributed by atoms with Crippen LogP contribution < -0.4 is 4.90 Å². The summed E-state index contributed by atoms with van der Waals surface area (Å²) < 4.78 is 0. The summed E-state index contributed by atoms with van der Waals surface area (Å²) in [6.07, 6.45) is 5.56. The van der Waals surface area contributed by atoms with Crippen molar-refractivity contribution in [2.24, 2.45) is 0 Å². The zero-order valence-electron chi connectivity index (χ0n) is 12.7. The third-order valence-electron chi connectivity index (χ3n) is 4.39. The lowest BCUT2D eigenvalue weighted by Gasteiger charge is -2.34. The first kappa shape index (κ1) is 14.3. The first-order chi connectivity index (χ1) is 10.3. The fourth-order valence-electron chi connectivity index (χ4n) is 2.97. The number of hydrogen-bond acceptors (Lipinski definition) is 5. The second-order valence-electron chi connectivity index (χ2n) is 5.68. The van der Waals surface area contributed by atoms with Gasteiger partial charge in [-0.05, 0) is 19.4 Å². The van der Waals surface area contributed by atoms with Crippen molar-refractivity contribution in [3.8, 4) is 0 Å². The molecule has 0 saturated carbocycles. The molecule has 0 aromatic carbocycles. The Labute approximate surface area is 125 Å². The predicted molar refractivity (Wildman–Crippen MR) is 81.5 cm³/mol. The van der Waals surface area contributed by atoms with Crippen molar-refractivity contribution in [2.45, 2.75) is 19.8 Å². The monoisotopic (exact) mass is 289 g/mol. The van der Waals surface area contributed by atoms with Crippen LogP contribution in [0, 0.1) is 0 Å². The molecule has 2 saturated heterocycles. The van der Waals surface area contributed by atoms with Crippen LogP contribution in [0.25, 0.3) is 0 Å². The highest BCUT2D eigenvalue weighted by molar-refractivity contribution is 5.92. The van der Waals surface area contributed by atoms with E-state index in [0.717, 1.165) is 64.5 Å². The summed E-state index contributed by atoms with van der Waals surface area (Å²) in [4.78, 5) is 27.5. The standard InChI is InChI=1S/C15H23N5O/c1-2-18-7-9-19(10-8-18)14-12-16-13(11-17-14)15(21)20-5-3-4-6-20/h11-12H,2-10H2,1H3. The van der Waals surface area contributed by atoms with Gasteiger partial charge in [0.2, 0.25) is 0 Å². The fourth-order valence-corrected chi connectivity index (χ4v) is 2.97. The Bertz CT molecular complexity index is 475. The van der Waals surface area contributed by atoms with Crippen LogP contribution in [0.1, 0.15) is 30.3 Å².